The van der Waals surface area contributed by atoms with Crippen LogP contribution in [0.15, 0.2) is 6.20 Å². The predicted octanol–water partition coefficient (Wildman–Crippen LogP) is 2.51. The van der Waals surface area contributed by atoms with Crippen molar-refractivity contribution >= 4 is 11.6 Å². The van der Waals surface area contributed by atoms with Gasteiger partial charge in [0.05, 0.1) is 36.1 Å². The maximum Gasteiger partial charge on any atom is 0.261 e. The molecule has 1 atom stereocenters. The Morgan fingerprint density at radius 3 is 2.81 bits per heavy atom. The number of hydrogen-bond donors (Lipinski definition) is 1. The van der Waals surface area contributed by atoms with E-state index in [1.54, 1.807) is 18.0 Å². The monoisotopic (exact) mass is 325 g/mol. The molecule has 1 aromatic rings. The van der Waals surface area contributed by atoms with Crippen LogP contribution in [-0.2, 0) is 16.0 Å². The van der Waals surface area contributed by atoms with Crippen molar-refractivity contribution in [3.63, 3.8) is 0 Å². The minimum atomic E-state index is -2.45. The molecule has 0 bridgehead atoms. The predicted molar refractivity (Wildman–Crippen MR) is 77.0 cm³/mol. The van der Waals surface area contributed by atoms with Crippen molar-refractivity contribution in [3.8, 4) is 0 Å². The summed E-state index contributed by atoms with van der Waals surface area (Å²) in [5.74, 6) is 0. The van der Waals surface area contributed by atoms with E-state index in [-0.39, 0.29) is 12.6 Å². The first-order valence-electron chi connectivity index (χ1n) is 6.89. The minimum absolute atomic E-state index is 0.0977. The lowest BCUT2D eigenvalue weighted by atomic mass is 10.1. The number of nitrogens with zero attached hydrogens (tertiary/aromatic N) is 2. The fourth-order valence-electron chi connectivity index (χ4n) is 2.03. The standard InChI is InChI=1S/C13H22ClF2N3O2/c1-3-17-11(4-6-21-9-12(15)16)13-10(14)8-18-19(13)5-7-20-2/h8,11-12,17H,3-7,9H2,1-2H3. The topological polar surface area (TPSA) is 48.3 Å². The Balaban J connectivity index is 2.67. The molecule has 0 radical (unpaired) electrons. The second-order valence-corrected chi connectivity index (χ2v) is 4.87. The Labute approximate surface area is 128 Å². The first kappa shape index (κ1) is 18.3. The lowest BCUT2D eigenvalue weighted by Crippen LogP contribution is -2.26. The Kier molecular flexibility index (Phi) is 8.75. The van der Waals surface area contributed by atoms with Crippen LogP contribution in [0.25, 0.3) is 0 Å². The third kappa shape index (κ3) is 6.25. The van der Waals surface area contributed by atoms with E-state index in [9.17, 15) is 8.78 Å². The van der Waals surface area contributed by atoms with Crippen molar-refractivity contribution < 1.29 is 18.3 Å². The number of nitrogens with one attached hydrogen (secondary N) is 1. The van der Waals surface area contributed by atoms with Gasteiger partial charge in [-0.1, -0.05) is 18.5 Å². The summed E-state index contributed by atoms with van der Waals surface area (Å²) >= 11 is 6.19. The molecule has 8 heteroatoms. The number of aromatic nitrogens is 2. The van der Waals surface area contributed by atoms with E-state index < -0.39 is 13.0 Å². The lowest BCUT2D eigenvalue weighted by molar-refractivity contribution is 0.0141. The Bertz CT molecular complexity index is 405. The van der Waals surface area contributed by atoms with E-state index in [4.69, 9.17) is 21.1 Å². The number of halogens is 3. The largest absolute Gasteiger partial charge is 0.383 e. The molecule has 0 amide bonds. The summed E-state index contributed by atoms with van der Waals surface area (Å²) in [7, 11) is 1.62. The van der Waals surface area contributed by atoms with Crippen molar-refractivity contribution in [1.29, 1.82) is 0 Å². The highest BCUT2D eigenvalue weighted by Gasteiger charge is 2.19. The number of methoxy groups -OCH3 is 1. The molecule has 0 aliphatic rings. The molecule has 1 N–H and O–H groups in total. The summed E-state index contributed by atoms with van der Waals surface area (Å²) in [6.45, 7) is 3.48. The summed E-state index contributed by atoms with van der Waals surface area (Å²) < 4.78 is 35.9. The van der Waals surface area contributed by atoms with Crippen LogP contribution in [0, 0.1) is 0 Å². The maximum atomic E-state index is 12.1. The van der Waals surface area contributed by atoms with E-state index >= 15 is 0 Å². The zero-order valence-electron chi connectivity index (χ0n) is 12.3. The second-order valence-electron chi connectivity index (χ2n) is 4.46. The van der Waals surface area contributed by atoms with Gasteiger partial charge >= 0.3 is 0 Å². The second kappa shape index (κ2) is 10.0. The molecule has 0 saturated carbocycles. The first-order chi connectivity index (χ1) is 10.1. The molecule has 0 aliphatic carbocycles. The molecule has 0 spiro atoms. The van der Waals surface area contributed by atoms with E-state index in [1.807, 2.05) is 6.92 Å². The van der Waals surface area contributed by atoms with Gasteiger partial charge in [0.1, 0.15) is 6.61 Å². The third-order valence-corrected chi connectivity index (χ3v) is 3.21. The van der Waals surface area contributed by atoms with Gasteiger partial charge in [0.25, 0.3) is 6.43 Å². The quantitative estimate of drug-likeness (QED) is 0.635. The summed E-state index contributed by atoms with van der Waals surface area (Å²) in [5.41, 5.74) is 0.830. The summed E-state index contributed by atoms with van der Waals surface area (Å²) in [4.78, 5) is 0. The number of hydrogen-bond acceptors (Lipinski definition) is 4. The fourth-order valence-corrected chi connectivity index (χ4v) is 2.30. The van der Waals surface area contributed by atoms with E-state index in [1.165, 1.54) is 0 Å². The van der Waals surface area contributed by atoms with E-state index in [0.29, 0.717) is 24.6 Å². The first-order valence-corrected chi connectivity index (χ1v) is 7.27. The molecule has 0 saturated heterocycles. The van der Waals surface area contributed by atoms with Crippen molar-refractivity contribution in [1.82, 2.24) is 15.1 Å². The lowest BCUT2D eigenvalue weighted by Gasteiger charge is -2.20. The van der Waals surface area contributed by atoms with Gasteiger partial charge in [0.15, 0.2) is 0 Å². The normalized spacial score (nSPS) is 13.0. The molecule has 0 fully saturated rings. The molecule has 0 aromatic carbocycles. The van der Waals surface area contributed by atoms with Crippen molar-refractivity contribution in [2.24, 2.45) is 0 Å². The third-order valence-electron chi connectivity index (χ3n) is 2.92. The summed E-state index contributed by atoms with van der Waals surface area (Å²) in [5, 5.41) is 8.04. The molecule has 1 heterocycles. The van der Waals surface area contributed by atoms with Gasteiger partial charge in [-0.15, -0.1) is 0 Å². The Hall–Kier alpha value is -0.760. The van der Waals surface area contributed by atoms with Gasteiger partial charge in [-0.05, 0) is 13.0 Å². The fraction of sp³-hybridized carbons (Fsp3) is 0.769. The van der Waals surface area contributed by atoms with Gasteiger partial charge in [-0.2, -0.15) is 5.10 Å². The van der Waals surface area contributed by atoms with Crippen LogP contribution in [0.2, 0.25) is 5.02 Å². The SMILES string of the molecule is CCNC(CCOCC(F)F)c1c(Cl)cnn1CCOC. The molecule has 21 heavy (non-hydrogen) atoms. The van der Waals surface area contributed by atoms with Crippen molar-refractivity contribution in [3.05, 3.63) is 16.9 Å². The molecule has 1 unspecified atom stereocenters. The average molecular weight is 326 g/mol. The van der Waals surface area contributed by atoms with Crippen LogP contribution in [0.3, 0.4) is 0 Å². The number of alkyl halides is 2. The smallest absolute Gasteiger partial charge is 0.261 e. The molecule has 1 rings (SSSR count). The number of rotatable bonds is 11. The van der Waals surface area contributed by atoms with Gasteiger partial charge in [-0.3, -0.25) is 4.68 Å². The van der Waals surface area contributed by atoms with E-state index in [0.717, 1.165) is 12.2 Å². The highest BCUT2D eigenvalue weighted by Crippen LogP contribution is 2.25. The van der Waals surface area contributed by atoms with Gasteiger partial charge in [0, 0.05) is 13.7 Å². The molecule has 0 aliphatic heterocycles. The Morgan fingerprint density at radius 1 is 1.43 bits per heavy atom. The van der Waals surface area contributed by atoms with Crippen LogP contribution in [0.4, 0.5) is 8.78 Å². The van der Waals surface area contributed by atoms with Gasteiger partial charge in [0.2, 0.25) is 0 Å². The van der Waals surface area contributed by atoms with Crippen LogP contribution in [0.5, 0.6) is 0 Å². The minimum Gasteiger partial charge on any atom is -0.383 e. The molecule has 1 aromatic heterocycles. The maximum absolute atomic E-state index is 12.1. The van der Waals surface area contributed by atoms with Crippen LogP contribution < -0.4 is 5.32 Å². The van der Waals surface area contributed by atoms with E-state index in [2.05, 4.69) is 10.4 Å². The Morgan fingerprint density at radius 2 is 2.19 bits per heavy atom. The molecule has 122 valence electrons. The highest BCUT2D eigenvalue weighted by molar-refractivity contribution is 6.31. The zero-order chi connectivity index (χ0) is 15.7. The summed E-state index contributed by atoms with van der Waals surface area (Å²) in [6.07, 6.45) is -0.325. The van der Waals surface area contributed by atoms with Crippen LogP contribution in [0.1, 0.15) is 25.1 Å². The highest BCUT2D eigenvalue weighted by atomic mass is 35.5. The summed E-state index contributed by atoms with van der Waals surface area (Å²) in [6, 6.07) is -0.0977. The van der Waals surface area contributed by atoms with Gasteiger partial charge < -0.3 is 14.8 Å². The van der Waals surface area contributed by atoms with Gasteiger partial charge in [-0.25, -0.2) is 8.78 Å². The molecule has 5 nitrogen and oxygen atoms in total. The van der Waals surface area contributed by atoms with Crippen LogP contribution >= 0.6 is 11.6 Å². The van der Waals surface area contributed by atoms with Crippen molar-refractivity contribution in [2.75, 3.05) is 33.5 Å². The molecular weight excluding hydrogens is 304 g/mol. The number of ether oxygens (including phenoxy) is 2. The average Bonchev–Trinajstić information content (AvgIpc) is 2.81. The van der Waals surface area contributed by atoms with Crippen LogP contribution in [-0.4, -0.2) is 49.7 Å². The zero-order valence-corrected chi connectivity index (χ0v) is 13.1. The molecular formula is C13H22ClF2N3O2. The van der Waals surface area contributed by atoms with Crippen molar-refractivity contribution in [2.45, 2.75) is 32.4 Å².